The first-order valence-corrected chi connectivity index (χ1v) is 6.86. The summed E-state index contributed by atoms with van der Waals surface area (Å²) in [5.41, 5.74) is 1.57. The van der Waals surface area contributed by atoms with Crippen LogP contribution in [0.4, 0.5) is 0 Å². The lowest BCUT2D eigenvalue weighted by molar-refractivity contribution is 0.711. The van der Waals surface area contributed by atoms with Gasteiger partial charge in [0.05, 0.1) is 0 Å². The minimum Gasteiger partial charge on any atom is -0.136 e. The van der Waals surface area contributed by atoms with Crippen molar-refractivity contribution in [3.63, 3.8) is 0 Å². The van der Waals surface area contributed by atoms with Gasteiger partial charge in [-0.1, -0.05) is 6.08 Å². The molecule has 0 N–H and O–H groups in total. The Morgan fingerprint density at radius 3 is 2.75 bits per heavy atom. The molecule has 0 nitrogen and oxygen atoms in total. The van der Waals surface area contributed by atoms with Crippen LogP contribution >= 0.6 is 23.5 Å². The number of thioether (sulfide) groups is 2. The minimum atomic E-state index is 1.28. The van der Waals surface area contributed by atoms with Crippen LogP contribution < -0.4 is 0 Å². The predicted octanol–water partition coefficient (Wildman–Crippen LogP) is 4.05. The highest BCUT2D eigenvalue weighted by molar-refractivity contribution is 8.05. The van der Waals surface area contributed by atoms with Gasteiger partial charge >= 0.3 is 0 Å². The Morgan fingerprint density at radius 2 is 2.25 bits per heavy atom. The summed E-state index contributed by atoms with van der Waals surface area (Å²) in [5, 5.41) is 2.27. The van der Waals surface area contributed by atoms with Gasteiger partial charge in [0.2, 0.25) is 0 Å². The van der Waals surface area contributed by atoms with Crippen molar-refractivity contribution in [3.8, 4) is 0 Å². The van der Waals surface area contributed by atoms with Crippen LogP contribution in [0.3, 0.4) is 0 Å². The average molecular weight is 200 g/mol. The molecule has 2 heteroatoms. The zero-order chi connectivity index (χ0) is 8.81. The van der Waals surface area contributed by atoms with Crippen LogP contribution in [0, 0.1) is 0 Å². The van der Waals surface area contributed by atoms with E-state index in [2.05, 4.69) is 24.0 Å². The van der Waals surface area contributed by atoms with Crippen LogP contribution in [-0.2, 0) is 0 Å². The smallest absolute Gasteiger partial charge is 0.0161 e. The molecule has 0 heterocycles. The van der Waals surface area contributed by atoms with E-state index >= 15 is 0 Å². The molecule has 0 saturated carbocycles. The van der Waals surface area contributed by atoms with Gasteiger partial charge in [0.15, 0.2) is 0 Å². The van der Waals surface area contributed by atoms with Crippen molar-refractivity contribution >= 4 is 23.5 Å². The highest BCUT2D eigenvalue weighted by Crippen LogP contribution is 2.31. The fourth-order valence-corrected chi connectivity index (χ4v) is 2.91. The third-order valence-corrected chi connectivity index (χ3v) is 3.49. The van der Waals surface area contributed by atoms with Gasteiger partial charge in [-0.2, -0.15) is 0 Å². The lowest BCUT2D eigenvalue weighted by atomic mass is 10.00. The summed E-state index contributed by atoms with van der Waals surface area (Å²) in [5.74, 6) is 0. The summed E-state index contributed by atoms with van der Waals surface area (Å²) in [7, 11) is 0. The van der Waals surface area contributed by atoms with Crippen LogP contribution in [-0.4, -0.2) is 12.5 Å². The number of allylic oxidation sites excluding steroid dienone is 2. The first-order chi connectivity index (χ1) is 5.88. The molecular weight excluding hydrogens is 184 g/mol. The lowest BCUT2D eigenvalue weighted by Crippen LogP contribution is -1.92. The van der Waals surface area contributed by atoms with Crippen LogP contribution in [0.15, 0.2) is 22.0 Å². The van der Waals surface area contributed by atoms with E-state index in [9.17, 15) is 0 Å². The van der Waals surface area contributed by atoms with Crippen molar-refractivity contribution in [1.82, 2.24) is 0 Å². The van der Waals surface area contributed by atoms with Crippen molar-refractivity contribution < 1.29 is 0 Å². The van der Waals surface area contributed by atoms with Gasteiger partial charge in [-0.25, -0.2) is 0 Å². The van der Waals surface area contributed by atoms with Crippen molar-refractivity contribution in [2.45, 2.75) is 25.7 Å². The third kappa shape index (κ3) is 2.91. The summed E-state index contributed by atoms with van der Waals surface area (Å²) in [6.45, 7) is 0. The second-order valence-corrected chi connectivity index (χ2v) is 4.45. The molecule has 0 unspecified atom stereocenters. The highest BCUT2D eigenvalue weighted by atomic mass is 32.2. The van der Waals surface area contributed by atoms with E-state index in [-0.39, 0.29) is 0 Å². The standard InChI is InChI=1S/C10H16S2/c1-11-8-10(12-2)9-6-4-3-5-7-9/h6,8H,3-5,7H2,1-2H3/b10-8-. The predicted molar refractivity (Wildman–Crippen MR) is 61.7 cm³/mol. The van der Waals surface area contributed by atoms with Crippen molar-refractivity contribution in [2.75, 3.05) is 12.5 Å². The molecule has 1 rings (SSSR count). The Hall–Kier alpha value is 0.180. The largest absolute Gasteiger partial charge is 0.136 e. The van der Waals surface area contributed by atoms with E-state index < -0.39 is 0 Å². The summed E-state index contributed by atoms with van der Waals surface area (Å²) < 4.78 is 0. The number of rotatable bonds is 3. The van der Waals surface area contributed by atoms with Gasteiger partial charge in [0.1, 0.15) is 0 Å². The molecule has 1 aliphatic carbocycles. The Balaban J connectivity index is 2.64. The van der Waals surface area contributed by atoms with Gasteiger partial charge in [0.25, 0.3) is 0 Å². The maximum Gasteiger partial charge on any atom is 0.0161 e. The second-order valence-electron chi connectivity index (χ2n) is 2.90. The van der Waals surface area contributed by atoms with Crippen LogP contribution in [0.1, 0.15) is 25.7 Å². The van der Waals surface area contributed by atoms with E-state index in [1.807, 2.05) is 11.8 Å². The third-order valence-electron chi connectivity index (χ3n) is 2.05. The van der Waals surface area contributed by atoms with Crippen LogP contribution in [0.2, 0.25) is 0 Å². The average Bonchev–Trinajstić information content (AvgIpc) is 2.15. The summed E-state index contributed by atoms with van der Waals surface area (Å²) in [4.78, 5) is 1.47. The fourth-order valence-electron chi connectivity index (χ4n) is 1.42. The quantitative estimate of drug-likeness (QED) is 0.674. The maximum atomic E-state index is 2.40. The van der Waals surface area contributed by atoms with E-state index in [0.717, 1.165) is 0 Å². The monoisotopic (exact) mass is 200 g/mol. The topological polar surface area (TPSA) is 0 Å². The van der Waals surface area contributed by atoms with Crippen LogP contribution in [0.5, 0.6) is 0 Å². The normalized spacial score (nSPS) is 19.2. The van der Waals surface area contributed by atoms with E-state index in [0.29, 0.717) is 0 Å². The van der Waals surface area contributed by atoms with Crippen molar-refractivity contribution in [2.24, 2.45) is 0 Å². The molecule has 0 bridgehead atoms. The SMILES string of the molecule is CS/C=C(\SC)C1=CCCCC1. The molecular formula is C10H16S2. The Labute approximate surface area is 83.9 Å². The van der Waals surface area contributed by atoms with E-state index in [1.165, 1.54) is 30.6 Å². The molecule has 0 fully saturated rings. The molecule has 0 aromatic carbocycles. The fraction of sp³-hybridized carbons (Fsp3) is 0.600. The molecule has 68 valence electrons. The first-order valence-electron chi connectivity index (χ1n) is 4.35. The molecule has 0 aliphatic heterocycles. The molecule has 0 aromatic rings. The Bertz CT molecular complexity index is 186. The molecule has 0 amide bonds. The van der Waals surface area contributed by atoms with E-state index in [4.69, 9.17) is 0 Å². The second kappa shape index (κ2) is 5.76. The molecule has 1 aliphatic rings. The Kier molecular flexibility index (Phi) is 4.93. The highest BCUT2D eigenvalue weighted by Gasteiger charge is 2.07. The molecule has 0 spiro atoms. The van der Waals surface area contributed by atoms with Gasteiger partial charge in [-0.3, -0.25) is 0 Å². The zero-order valence-electron chi connectivity index (χ0n) is 7.80. The van der Waals surface area contributed by atoms with E-state index in [1.54, 1.807) is 17.3 Å². The summed E-state index contributed by atoms with van der Waals surface area (Å²) in [6, 6.07) is 0. The van der Waals surface area contributed by atoms with Crippen molar-refractivity contribution in [1.29, 1.82) is 0 Å². The number of hydrogen-bond donors (Lipinski definition) is 0. The van der Waals surface area contributed by atoms with Gasteiger partial charge in [-0.05, 0) is 49.2 Å². The van der Waals surface area contributed by atoms with Crippen molar-refractivity contribution in [3.05, 3.63) is 22.0 Å². The molecule has 12 heavy (non-hydrogen) atoms. The maximum absolute atomic E-state index is 2.40. The Morgan fingerprint density at radius 1 is 1.42 bits per heavy atom. The van der Waals surface area contributed by atoms with Gasteiger partial charge in [0, 0.05) is 4.91 Å². The van der Waals surface area contributed by atoms with Gasteiger partial charge in [-0.15, -0.1) is 23.5 Å². The number of hydrogen-bond acceptors (Lipinski definition) is 2. The molecule has 0 aromatic heterocycles. The lowest BCUT2D eigenvalue weighted by Gasteiger charge is -2.13. The van der Waals surface area contributed by atoms with Crippen LogP contribution in [0.25, 0.3) is 0 Å². The van der Waals surface area contributed by atoms with Gasteiger partial charge < -0.3 is 0 Å². The summed E-state index contributed by atoms with van der Waals surface area (Å²) in [6.07, 6.45) is 12.0. The molecule has 0 atom stereocenters. The minimum absolute atomic E-state index is 1.28. The zero-order valence-corrected chi connectivity index (χ0v) is 9.43. The molecule has 0 radical (unpaired) electrons. The summed E-state index contributed by atoms with van der Waals surface area (Å²) >= 11 is 3.68. The molecule has 0 saturated heterocycles. The first kappa shape index (κ1) is 10.3.